The van der Waals surface area contributed by atoms with Crippen LogP contribution >= 0.6 is 0 Å². The lowest BCUT2D eigenvalue weighted by atomic mass is 9.96. The molecule has 0 radical (unpaired) electrons. The Morgan fingerprint density at radius 3 is 2.62 bits per heavy atom. The highest BCUT2D eigenvalue weighted by Crippen LogP contribution is 2.18. The van der Waals surface area contributed by atoms with Crippen molar-refractivity contribution < 1.29 is 4.79 Å². The SMILES string of the molecule is Cc1cc(C)c(C(=O)CN2CCn3ccnc3C2)c(C)c1. The molecule has 0 atom stereocenters. The Morgan fingerprint density at radius 2 is 1.90 bits per heavy atom. The van der Waals surface area contributed by atoms with Crippen LogP contribution in [-0.4, -0.2) is 33.3 Å². The van der Waals surface area contributed by atoms with Gasteiger partial charge in [-0.2, -0.15) is 0 Å². The molecule has 0 saturated heterocycles. The van der Waals surface area contributed by atoms with Crippen LogP contribution in [0.3, 0.4) is 0 Å². The zero-order valence-corrected chi connectivity index (χ0v) is 12.9. The fourth-order valence-corrected chi connectivity index (χ4v) is 3.26. The van der Waals surface area contributed by atoms with Crippen molar-refractivity contribution in [2.24, 2.45) is 0 Å². The average molecular weight is 283 g/mol. The van der Waals surface area contributed by atoms with Crippen LogP contribution in [0, 0.1) is 20.8 Å². The minimum absolute atomic E-state index is 0.213. The van der Waals surface area contributed by atoms with E-state index in [2.05, 4.69) is 33.5 Å². The molecule has 21 heavy (non-hydrogen) atoms. The second-order valence-electron chi connectivity index (χ2n) is 5.94. The van der Waals surface area contributed by atoms with Crippen molar-refractivity contribution in [3.63, 3.8) is 0 Å². The highest BCUT2D eigenvalue weighted by atomic mass is 16.1. The van der Waals surface area contributed by atoms with Crippen molar-refractivity contribution in [1.82, 2.24) is 14.5 Å². The summed E-state index contributed by atoms with van der Waals surface area (Å²) < 4.78 is 2.16. The first-order valence-corrected chi connectivity index (χ1v) is 7.38. The van der Waals surface area contributed by atoms with Gasteiger partial charge in [-0.15, -0.1) is 0 Å². The Kier molecular flexibility index (Phi) is 3.64. The largest absolute Gasteiger partial charge is 0.333 e. The maximum absolute atomic E-state index is 12.6. The monoisotopic (exact) mass is 283 g/mol. The van der Waals surface area contributed by atoms with E-state index in [1.807, 2.05) is 26.2 Å². The number of fused-ring (bicyclic) bond motifs is 1. The molecule has 0 amide bonds. The third-order valence-corrected chi connectivity index (χ3v) is 4.15. The van der Waals surface area contributed by atoms with Crippen molar-refractivity contribution in [1.29, 1.82) is 0 Å². The first kappa shape index (κ1) is 14.0. The molecule has 0 unspecified atom stereocenters. The van der Waals surface area contributed by atoms with Crippen molar-refractivity contribution in [2.45, 2.75) is 33.9 Å². The molecule has 1 aromatic carbocycles. The number of ketones is 1. The molecule has 1 aliphatic heterocycles. The average Bonchev–Trinajstić information content (AvgIpc) is 2.84. The number of carbonyl (C=O) groups is 1. The van der Waals surface area contributed by atoms with E-state index < -0.39 is 0 Å². The number of hydrogen-bond acceptors (Lipinski definition) is 3. The fourth-order valence-electron chi connectivity index (χ4n) is 3.26. The van der Waals surface area contributed by atoms with Crippen LogP contribution in [0.4, 0.5) is 0 Å². The highest BCUT2D eigenvalue weighted by molar-refractivity contribution is 6.00. The first-order chi connectivity index (χ1) is 10.0. The Hall–Kier alpha value is -1.94. The van der Waals surface area contributed by atoms with E-state index in [1.165, 1.54) is 5.56 Å². The molecule has 4 nitrogen and oxygen atoms in total. The van der Waals surface area contributed by atoms with E-state index >= 15 is 0 Å². The normalized spacial score (nSPS) is 15.0. The summed E-state index contributed by atoms with van der Waals surface area (Å²) in [5, 5.41) is 0. The Bertz CT molecular complexity index is 664. The van der Waals surface area contributed by atoms with Gasteiger partial charge >= 0.3 is 0 Å². The lowest BCUT2D eigenvalue weighted by Gasteiger charge is -2.27. The number of Topliss-reactive ketones (excluding diaryl/α,β-unsaturated/α-hetero) is 1. The third-order valence-electron chi connectivity index (χ3n) is 4.15. The molecular formula is C17H21N3O. The number of carbonyl (C=O) groups excluding carboxylic acids is 1. The maximum atomic E-state index is 12.6. The molecule has 0 N–H and O–H groups in total. The van der Waals surface area contributed by atoms with E-state index in [4.69, 9.17) is 0 Å². The second-order valence-corrected chi connectivity index (χ2v) is 5.94. The molecule has 0 fully saturated rings. The lowest BCUT2D eigenvalue weighted by molar-refractivity contribution is 0.0907. The Balaban J connectivity index is 1.76. The minimum atomic E-state index is 0.213. The summed E-state index contributed by atoms with van der Waals surface area (Å²) in [7, 11) is 0. The topological polar surface area (TPSA) is 38.1 Å². The van der Waals surface area contributed by atoms with Gasteiger partial charge in [0.2, 0.25) is 0 Å². The molecule has 4 heteroatoms. The minimum Gasteiger partial charge on any atom is -0.333 e. The third kappa shape index (κ3) is 2.76. The number of benzene rings is 1. The van der Waals surface area contributed by atoms with Gasteiger partial charge in [0.15, 0.2) is 5.78 Å². The van der Waals surface area contributed by atoms with Gasteiger partial charge in [0.25, 0.3) is 0 Å². The van der Waals surface area contributed by atoms with E-state index in [0.717, 1.165) is 42.1 Å². The number of nitrogens with zero attached hydrogens (tertiary/aromatic N) is 3. The van der Waals surface area contributed by atoms with E-state index in [0.29, 0.717) is 6.54 Å². The van der Waals surface area contributed by atoms with Gasteiger partial charge in [0.1, 0.15) is 5.82 Å². The molecular weight excluding hydrogens is 262 g/mol. The molecule has 3 rings (SSSR count). The number of imidazole rings is 1. The van der Waals surface area contributed by atoms with Crippen LogP contribution in [0.15, 0.2) is 24.5 Å². The summed E-state index contributed by atoms with van der Waals surface area (Å²) in [6, 6.07) is 4.17. The summed E-state index contributed by atoms with van der Waals surface area (Å²) in [4.78, 5) is 19.2. The Labute approximate surface area is 125 Å². The molecule has 1 aliphatic rings. The first-order valence-electron chi connectivity index (χ1n) is 7.38. The van der Waals surface area contributed by atoms with E-state index in [9.17, 15) is 4.79 Å². The fraction of sp³-hybridized carbons (Fsp3) is 0.412. The van der Waals surface area contributed by atoms with Crippen LogP contribution in [0.5, 0.6) is 0 Å². The van der Waals surface area contributed by atoms with Crippen LogP contribution in [0.25, 0.3) is 0 Å². The summed E-state index contributed by atoms with van der Waals surface area (Å²) in [6.45, 7) is 9.15. The van der Waals surface area contributed by atoms with Crippen LogP contribution in [0.1, 0.15) is 32.9 Å². The van der Waals surface area contributed by atoms with Crippen molar-refractivity contribution in [2.75, 3.05) is 13.1 Å². The van der Waals surface area contributed by atoms with E-state index in [1.54, 1.807) is 0 Å². The summed E-state index contributed by atoms with van der Waals surface area (Å²) in [5.41, 5.74) is 4.25. The predicted molar refractivity (Wildman–Crippen MR) is 82.5 cm³/mol. The van der Waals surface area contributed by atoms with Gasteiger partial charge < -0.3 is 4.57 Å². The predicted octanol–water partition coefficient (Wildman–Crippen LogP) is 2.51. The lowest BCUT2D eigenvalue weighted by Crippen LogP contribution is -2.37. The molecule has 110 valence electrons. The number of aryl methyl sites for hydroxylation is 3. The van der Waals surface area contributed by atoms with E-state index in [-0.39, 0.29) is 5.78 Å². The Morgan fingerprint density at radius 1 is 1.19 bits per heavy atom. The number of hydrogen-bond donors (Lipinski definition) is 0. The summed E-state index contributed by atoms with van der Waals surface area (Å²) in [5.74, 6) is 1.26. The molecule has 0 aliphatic carbocycles. The van der Waals surface area contributed by atoms with Crippen molar-refractivity contribution >= 4 is 5.78 Å². The zero-order valence-electron chi connectivity index (χ0n) is 12.9. The van der Waals surface area contributed by atoms with Gasteiger partial charge in [-0.3, -0.25) is 9.69 Å². The molecule has 0 saturated carbocycles. The molecule has 2 heterocycles. The molecule has 2 aromatic rings. The zero-order chi connectivity index (χ0) is 15.0. The number of aromatic nitrogens is 2. The van der Waals surface area contributed by atoms with Gasteiger partial charge in [0, 0.05) is 31.0 Å². The van der Waals surface area contributed by atoms with Crippen molar-refractivity contribution in [3.8, 4) is 0 Å². The maximum Gasteiger partial charge on any atom is 0.177 e. The quantitative estimate of drug-likeness (QED) is 0.812. The van der Waals surface area contributed by atoms with Gasteiger partial charge in [-0.25, -0.2) is 4.98 Å². The number of rotatable bonds is 3. The molecule has 1 aromatic heterocycles. The smallest absolute Gasteiger partial charge is 0.177 e. The van der Waals surface area contributed by atoms with Crippen LogP contribution in [0.2, 0.25) is 0 Å². The summed E-state index contributed by atoms with van der Waals surface area (Å²) in [6.07, 6.45) is 3.83. The second kappa shape index (κ2) is 5.45. The summed E-state index contributed by atoms with van der Waals surface area (Å²) >= 11 is 0. The van der Waals surface area contributed by atoms with Crippen molar-refractivity contribution in [3.05, 3.63) is 52.6 Å². The highest BCUT2D eigenvalue weighted by Gasteiger charge is 2.21. The van der Waals surface area contributed by atoms with Gasteiger partial charge in [-0.05, 0) is 31.9 Å². The van der Waals surface area contributed by atoms with Crippen LogP contribution in [-0.2, 0) is 13.1 Å². The molecule has 0 bridgehead atoms. The van der Waals surface area contributed by atoms with Gasteiger partial charge in [-0.1, -0.05) is 17.7 Å². The standard InChI is InChI=1S/C17H21N3O/c1-12-8-13(2)17(14(3)9-12)15(21)10-19-6-7-20-5-4-18-16(20)11-19/h4-5,8-9H,6-7,10-11H2,1-3H3. The molecule has 0 spiro atoms. The van der Waals surface area contributed by atoms with Gasteiger partial charge in [0.05, 0.1) is 13.1 Å². The van der Waals surface area contributed by atoms with Crippen LogP contribution < -0.4 is 0 Å².